The Balaban J connectivity index is 2.17. The molecule has 1 heteroatoms. The van der Waals surface area contributed by atoms with Crippen molar-refractivity contribution in [1.82, 2.24) is 0 Å². The third-order valence-electron chi connectivity index (χ3n) is 1.23. The summed E-state index contributed by atoms with van der Waals surface area (Å²) in [6.45, 7) is 5.66. The lowest BCUT2D eigenvalue weighted by atomic mass is 10.1. The van der Waals surface area contributed by atoms with E-state index in [0.717, 1.165) is 6.42 Å². The molecule has 2 atom stereocenters. The molecule has 1 rings (SSSR count). The van der Waals surface area contributed by atoms with Crippen molar-refractivity contribution in [2.45, 2.75) is 25.6 Å². The van der Waals surface area contributed by atoms with Crippen LogP contribution in [-0.4, -0.2) is 12.2 Å². The van der Waals surface area contributed by atoms with Crippen LogP contribution in [0.25, 0.3) is 0 Å². The van der Waals surface area contributed by atoms with Gasteiger partial charge in [-0.2, -0.15) is 0 Å². The summed E-state index contributed by atoms with van der Waals surface area (Å²) in [5.74, 6) is 0. The van der Waals surface area contributed by atoms with Crippen LogP contribution in [-0.2, 0) is 4.74 Å². The lowest BCUT2D eigenvalue weighted by molar-refractivity contribution is -0.0855. The summed E-state index contributed by atoms with van der Waals surface area (Å²) in [5.41, 5.74) is 0. The Bertz CT molecular complexity index is 72.2. The standard InChI is InChI=1S/C6H10O/c1-3-6-4-5(2)7-6/h3,5-6H,1,4H2,2H3. The maximum atomic E-state index is 5.17. The molecular formula is C6H10O. The first-order valence-corrected chi connectivity index (χ1v) is 2.61. The summed E-state index contributed by atoms with van der Waals surface area (Å²) >= 11 is 0. The first-order chi connectivity index (χ1) is 3.33. The van der Waals surface area contributed by atoms with Crippen molar-refractivity contribution in [3.8, 4) is 0 Å². The summed E-state index contributed by atoms with van der Waals surface area (Å²) in [6, 6.07) is 0. The van der Waals surface area contributed by atoms with Crippen molar-refractivity contribution in [3.63, 3.8) is 0 Å². The highest BCUT2D eigenvalue weighted by Crippen LogP contribution is 2.19. The molecular weight excluding hydrogens is 88.1 g/mol. The number of hydrogen-bond acceptors (Lipinski definition) is 1. The van der Waals surface area contributed by atoms with E-state index in [2.05, 4.69) is 13.5 Å². The van der Waals surface area contributed by atoms with Crippen molar-refractivity contribution < 1.29 is 4.74 Å². The van der Waals surface area contributed by atoms with Gasteiger partial charge in [0.05, 0.1) is 12.2 Å². The predicted octanol–water partition coefficient (Wildman–Crippen LogP) is 1.35. The van der Waals surface area contributed by atoms with Gasteiger partial charge in [0.15, 0.2) is 0 Å². The zero-order chi connectivity index (χ0) is 5.28. The quantitative estimate of drug-likeness (QED) is 0.450. The lowest BCUT2D eigenvalue weighted by Crippen LogP contribution is -2.32. The van der Waals surface area contributed by atoms with Crippen LogP contribution in [0.1, 0.15) is 13.3 Å². The van der Waals surface area contributed by atoms with Crippen LogP contribution >= 0.6 is 0 Å². The largest absolute Gasteiger partial charge is 0.371 e. The predicted molar refractivity (Wildman–Crippen MR) is 29.1 cm³/mol. The van der Waals surface area contributed by atoms with E-state index in [4.69, 9.17) is 4.74 Å². The average molecular weight is 98.1 g/mol. The molecule has 1 heterocycles. The monoisotopic (exact) mass is 98.1 g/mol. The summed E-state index contributed by atoms with van der Waals surface area (Å²) in [4.78, 5) is 0. The molecule has 1 nitrogen and oxygen atoms in total. The zero-order valence-electron chi connectivity index (χ0n) is 4.55. The number of hydrogen-bond donors (Lipinski definition) is 0. The third-order valence-corrected chi connectivity index (χ3v) is 1.23. The minimum absolute atomic E-state index is 0.356. The second-order valence-electron chi connectivity index (χ2n) is 1.96. The van der Waals surface area contributed by atoms with Crippen LogP contribution in [0.3, 0.4) is 0 Å². The Labute approximate surface area is 44.0 Å². The van der Waals surface area contributed by atoms with E-state index in [0.29, 0.717) is 12.2 Å². The van der Waals surface area contributed by atoms with Gasteiger partial charge in [-0.15, -0.1) is 6.58 Å². The molecule has 1 aliphatic rings. The Hall–Kier alpha value is -0.300. The van der Waals surface area contributed by atoms with Gasteiger partial charge in [-0.05, 0) is 6.92 Å². The summed E-state index contributed by atoms with van der Waals surface area (Å²) in [7, 11) is 0. The van der Waals surface area contributed by atoms with Crippen LogP contribution in [0.2, 0.25) is 0 Å². The van der Waals surface area contributed by atoms with Crippen molar-refractivity contribution >= 4 is 0 Å². The zero-order valence-corrected chi connectivity index (χ0v) is 4.55. The van der Waals surface area contributed by atoms with E-state index in [1.807, 2.05) is 6.08 Å². The Morgan fingerprint density at radius 2 is 2.43 bits per heavy atom. The Kier molecular flexibility index (Phi) is 1.15. The fraction of sp³-hybridized carbons (Fsp3) is 0.667. The molecule has 2 unspecified atom stereocenters. The maximum absolute atomic E-state index is 5.17. The molecule has 0 aromatic rings. The molecule has 0 saturated carbocycles. The van der Waals surface area contributed by atoms with Crippen LogP contribution in [0.4, 0.5) is 0 Å². The number of ether oxygens (including phenoxy) is 1. The Morgan fingerprint density at radius 1 is 1.86 bits per heavy atom. The third kappa shape index (κ3) is 0.829. The topological polar surface area (TPSA) is 9.23 Å². The molecule has 0 aromatic carbocycles. The Morgan fingerprint density at radius 3 is 2.57 bits per heavy atom. The fourth-order valence-corrected chi connectivity index (χ4v) is 0.766. The molecule has 1 saturated heterocycles. The van der Waals surface area contributed by atoms with E-state index >= 15 is 0 Å². The molecule has 0 bridgehead atoms. The molecule has 40 valence electrons. The van der Waals surface area contributed by atoms with Crippen LogP contribution in [0, 0.1) is 0 Å². The first-order valence-electron chi connectivity index (χ1n) is 2.61. The van der Waals surface area contributed by atoms with Crippen LogP contribution in [0.5, 0.6) is 0 Å². The van der Waals surface area contributed by atoms with Crippen molar-refractivity contribution in [2.24, 2.45) is 0 Å². The molecule has 0 amide bonds. The molecule has 0 spiro atoms. The van der Waals surface area contributed by atoms with Gasteiger partial charge in [0.2, 0.25) is 0 Å². The summed E-state index contributed by atoms with van der Waals surface area (Å²) in [5, 5.41) is 0. The molecule has 0 N–H and O–H groups in total. The van der Waals surface area contributed by atoms with E-state index in [9.17, 15) is 0 Å². The molecule has 1 aliphatic heterocycles. The minimum Gasteiger partial charge on any atom is -0.371 e. The van der Waals surface area contributed by atoms with Gasteiger partial charge in [0.25, 0.3) is 0 Å². The normalized spacial score (nSPS) is 39.6. The van der Waals surface area contributed by atoms with Gasteiger partial charge >= 0.3 is 0 Å². The van der Waals surface area contributed by atoms with Crippen molar-refractivity contribution in [2.75, 3.05) is 0 Å². The lowest BCUT2D eigenvalue weighted by Gasteiger charge is -2.30. The smallest absolute Gasteiger partial charge is 0.0781 e. The minimum atomic E-state index is 0.356. The first kappa shape index (κ1) is 4.85. The van der Waals surface area contributed by atoms with E-state index in [-0.39, 0.29) is 0 Å². The van der Waals surface area contributed by atoms with E-state index < -0.39 is 0 Å². The van der Waals surface area contributed by atoms with Gasteiger partial charge < -0.3 is 4.74 Å². The molecule has 1 fully saturated rings. The molecule has 7 heavy (non-hydrogen) atoms. The SMILES string of the molecule is C=CC1CC(C)O1. The van der Waals surface area contributed by atoms with Gasteiger partial charge in [-0.25, -0.2) is 0 Å². The molecule has 0 aromatic heterocycles. The molecule has 0 aliphatic carbocycles. The van der Waals surface area contributed by atoms with Crippen LogP contribution < -0.4 is 0 Å². The van der Waals surface area contributed by atoms with Crippen LogP contribution in [0.15, 0.2) is 12.7 Å². The fourth-order valence-electron chi connectivity index (χ4n) is 0.766. The van der Waals surface area contributed by atoms with Gasteiger partial charge in [0.1, 0.15) is 0 Å². The highest BCUT2D eigenvalue weighted by atomic mass is 16.5. The summed E-state index contributed by atoms with van der Waals surface area (Å²) in [6.07, 6.45) is 3.83. The highest BCUT2D eigenvalue weighted by Gasteiger charge is 2.22. The second kappa shape index (κ2) is 1.66. The second-order valence-corrected chi connectivity index (χ2v) is 1.96. The van der Waals surface area contributed by atoms with Gasteiger partial charge in [0, 0.05) is 6.42 Å². The van der Waals surface area contributed by atoms with Crippen molar-refractivity contribution in [1.29, 1.82) is 0 Å². The van der Waals surface area contributed by atoms with E-state index in [1.165, 1.54) is 0 Å². The summed E-state index contributed by atoms with van der Waals surface area (Å²) < 4.78 is 5.17. The van der Waals surface area contributed by atoms with Gasteiger partial charge in [-0.1, -0.05) is 6.08 Å². The van der Waals surface area contributed by atoms with Gasteiger partial charge in [-0.3, -0.25) is 0 Å². The number of rotatable bonds is 1. The highest BCUT2D eigenvalue weighted by molar-refractivity contribution is 4.88. The molecule has 0 radical (unpaired) electrons. The average Bonchev–Trinajstić information content (AvgIpc) is 1.58. The van der Waals surface area contributed by atoms with Crippen molar-refractivity contribution in [3.05, 3.63) is 12.7 Å². The maximum Gasteiger partial charge on any atom is 0.0781 e. The van der Waals surface area contributed by atoms with E-state index in [1.54, 1.807) is 0 Å².